The van der Waals surface area contributed by atoms with E-state index < -0.39 is 29.8 Å². The lowest BCUT2D eigenvalue weighted by Gasteiger charge is -2.38. The topological polar surface area (TPSA) is 73.9 Å². The van der Waals surface area contributed by atoms with Crippen LogP contribution in [0.15, 0.2) is 18.2 Å². The number of amides is 1. The van der Waals surface area contributed by atoms with E-state index in [0.717, 1.165) is 24.8 Å². The van der Waals surface area contributed by atoms with E-state index in [0.29, 0.717) is 11.7 Å². The Balaban J connectivity index is 2.09. The number of halogens is 1. The van der Waals surface area contributed by atoms with Gasteiger partial charge in [0.2, 0.25) is 0 Å². The predicted molar refractivity (Wildman–Crippen MR) is 107 cm³/mol. The first-order chi connectivity index (χ1) is 13.5. The predicted octanol–water partition coefficient (Wildman–Crippen LogP) is 4.56. The van der Waals surface area contributed by atoms with Gasteiger partial charge in [0.15, 0.2) is 0 Å². The summed E-state index contributed by atoms with van der Waals surface area (Å²) in [6, 6.07) is 3.58. The van der Waals surface area contributed by atoms with Crippen molar-refractivity contribution in [2.75, 3.05) is 7.11 Å². The van der Waals surface area contributed by atoms with Gasteiger partial charge in [0.25, 0.3) is 0 Å². The highest BCUT2D eigenvalue weighted by atomic mass is 19.1. The first-order valence-corrected chi connectivity index (χ1v) is 10.0. The molecule has 6 nitrogen and oxygen atoms in total. The van der Waals surface area contributed by atoms with E-state index >= 15 is 0 Å². The zero-order valence-electron chi connectivity index (χ0n) is 18.1. The van der Waals surface area contributed by atoms with Crippen molar-refractivity contribution < 1.29 is 28.2 Å². The Bertz CT molecular complexity index is 726. The van der Waals surface area contributed by atoms with Crippen LogP contribution in [0.1, 0.15) is 65.4 Å². The molecule has 1 amide bonds. The van der Waals surface area contributed by atoms with E-state index in [9.17, 15) is 14.0 Å². The minimum Gasteiger partial charge on any atom is -0.496 e. The fourth-order valence-electron chi connectivity index (χ4n) is 3.55. The van der Waals surface area contributed by atoms with E-state index in [4.69, 9.17) is 14.2 Å². The molecule has 1 aromatic carbocycles. The maximum Gasteiger partial charge on any atom is 0.408 e. The van der Waals surface area contributed by atoms with Crippen molar-refractivity contribution >= 4 is 12.1 Å². The summed E-state index contributed by atoms with van der Waals surface area (Å²) < 4.78 is 29.9. The van der Waals surface area contributed by atoms with Crippen LogP contribution in [0.2, 0.25) is 0 Å². The van der Waals surface area contributed by atoms with E-state index in [2.05, 4.69) is 5.32 Å². The molecule has 0 heterocycles. The number of nitrogens with one attached hydrogen (secondary N) is 1. The Morgan fingerprint density at radius 2 is 1.86 bits per heavy atom. The molecular formula is C22H32FNO5. The van der Waals surface area contributed by atoms with Crippen LogP contribution in [-0.4, -0.2) is 36.9 Å². The average Bonchev–Trinajstić information content (AvgIpc) is 2.56. The number of benzene rings is 1. The highest BCUT2D eigenvalue weighted by Crippen LogP contribution is 2.45. The molecule has 0 unspecified atom stereocenters. The maximum absolute atomic E-state index is 13.6. The third-order valence-corrected chi connectivity index (χ3v) is 5.11. The molecule has 1 aliphatic rings. The van der Waals surface area contributed by atoms with E-state index in [-0.39, 0.29) is 11.7 Å². The smallest absolute Gasteiger partial charge is 0.408 e. The molecule has 29 heavy (non-hydrogen) atoms. The van der Waals surface area contributed by atoms with Crippen LogP contribution in [0.3, 0.4) is 0 Å². The Morgan fingerprint density at radius 3 is 2.38 bits per heavy atom. The van der Waals surface area contributed by atoms with Crippen LogP contribution < -0.4 is 10.1 Å². The third kappa shape index (κ3) is 6.34. The van der Waals surface area contributed by atoms with Gasteiger partial charge in [0, 0.05) is 17.5 Å². The molecule has 1 fully saturated rings. The van der Waals surface area contributed by atoms with Gasteiger partial charge in [-0.15, -0.1) is 0 Å². The largest absolute Gasteiger partial charge is 0.496 e. The number of esters is 1. The lowest BCUT2D eigenvalue weighted by Crippen LogP contribution is -2.44. The monoisotopic (exact) mass is 409 g/mol. The Hall–Kier alpha value is -2.31. The van der Waals surface area contributed by atoms with Gasteiger partial charge in [-0.1, -0.05) is 12.5 Å². The van der Waals surface area contributed by atoms with Crippen molar-refractivity contribution in [2.45, 2.75) is 77.5 Å². The van der Waals surface area contributed by atoms with E-state index in [1.165, 1.54) is 19.2 Å². The van der Waals surface area contributed by atoms with Crippen molar-refractivity contribution in [3.63, 3.8) is 0 Å². The van der Waals surface area contributed by atoms with E-state index in [1.54, 1.807) is 33.8 Å². The fourth-order valence-corrected chi connectivity index (χ4v) is 3.55. The molecule has 0 spiro atoms. The molecule has 0 saturated heterocycles. The van der Waals surface area contributed by atoms with Crippen LogP contribution in [0.4, 0.5) is 9.18 Å². The Labute approximate surface area is 172 Å². The molecule has 1 N–H and O–H groups in total. The molecule has 3 atom stereocenters. The van der Waals surface area contributed by atoms with Gasteiger partial charge in [0.1, 0.15) is 29.3 Å². The van der Waals surface area contributed by atoms with Crippen molar-refractivity contribution in [3.8, 4) is 5.75 Å². The van der Waals surface area contributed by atoms with Crippen LogP contribution in [-0.2, 0) is 14.3 Å². The van der Waals surface area contributed by atoms with Crippen molar-refractivity contribution in [1.29, 1.82) is 0 Å². The van der Waals surface area contributed by atoms with E-state index in [1.807, 2.05) is 6.92 Å². The zero-order chi connectivity index (χ0) is 21.8. The van der Waals surface area contributed by atoms with Gasteiger partial charge < -0.3 is 19.5 Å². The number of hydrogen-bond donors (Lipinski definition) is 1. The summed E-state index contributed by atoms with van der Waals surface area (Å²) >= 11 is 0. The SMILES string of the molecule is COc1cc(F)ccc1[C@@H](C1CCC1)[C@H](C)OC(=O)[C@H](C)NC(=O)OC(C)(C)C. The lowest BCUT2D eigenvalue weighted by atomic mass is 9.70. The summed E-state index contributed by atoms with van der Waals surface area (Å²) in [5, 5.41) is 2.50. The minimum absolute atomic E-state index is 0.114. The molecule has 0 radical (unpaired) electrons. The van der Waals surface area contributed by atoms with Gasteiger partial charge in [-0.3, -0.25) is 0 Å². The van der Waals surface area contributed by atoms with Crippen LogP contribution >= 0.6 is 0 Å². The fraction of sp³-hybridized carbons (Fsp3) is 0.636. The van der Waals surface area contributed by atoms with Crippen molar-refractivity contribution in [2.24, 2.45) is 5.92 Å². The molecule has 0 aromatic heterocycles. The molecule has 0 bridgehead atoms. The Morgan fingerprint density at radius 1 is 1.21 bits per heavy atom. The van der Waals surface area contributed by atoms with Gasteiger partial charge in [-0.25, -0.2) is 14.0 Å². The highest BCUT2D eigenvalue weighted by molar-refractivity contribution is 5.81. The summed E-state index contributed by atoms with van der Waals surface area (Å²) in [6.07, 6.45) is 2.00. The summed E-state index contributed by atoms with van der Waals surface area (Å²) in [6.45, 7) is 8.62. The number of methoxy groups -OCH3 is 1. The van der Waals surface area contributed by atoms with Gasteiger partial charge in [0.05, 0.1) is 7.11 Å². The molecule has 7 heteroatoms. The number of rotatable bonds is 7. The Kier molecular flexibility index (Phi) is 7.49. The van der Waals surface area contributed by atoms with Gasteiger partial charge in [-0.2, -0.15) is 0 Å². The summed E-state index contributed by atoms with van der Waals surface area (Å²) in [5.74, 6) is -0.264. The molecule has 162 valence electrons. The third-order valence-electron chi connectivity index (χ3n) is 5.11. The molecule has 1 saturated carbocycles. The lowest BCUT2D eigenvalue weighted by molar-refractivity contribution is -0.152. The first kappa shape index (κ1) is 23.0. The highest BCUT2D eigenvalue weighted by Gasteiger charge is 2.37. The minimum atomic E-state index is -0.857. The zero-order valence-corrected chi connectivity index (χ0v) is 18.1. The second-order valence-corrected chi connectivity index (χ2v) is 8.61. The van der Waals surface area contributed by atoms with Crippen LogP contribution in [0.5, 0.6) is 5.75 Å². The summed E-state index contributed by atoms with van der Waals surface area (Å²) in [5.41, 5.74) is 0.168. The molecular weight excluding hydrogens is 377 g/mol. The second kappa shape index (κ2) is 9.46. The number of carbonyl (C=O) groups excluding carboxylic acids is 2. The standard InChI is InChI=1S/C22H32FNO5/c1-13(24-21(26)29-22(3,4)5)20(25)28-14(2)19(15-8-7-9-15)17-11-10-16(23)12-18(17)27-6/h10-15,19H,7-9H2,1-6H3,(H,24,26)/t13-,14-,19+/m0/s1. The summed E-state index contributed by atoms with van der Waals surface area (Å²) in [4.78, 5) is 24.4. The molecule has 0 aliphatic heterocycles. The number of ether oxygens (including phenoxy) is 3. The number of hydrogen-bond acceptors (Lipinski definition) is 5. The summed E-state index contributed by atoms with van der Waals surface area (Å²) in [7, 11) is 1.50. The number of carbonyl (C=O) groups is 2. The molecule has 1 aromatic rings. The number of alkyl carbamates (subject to hydrolysis) is 1. The van der Waals surface area contributed by atoms with Gasteiger partial charge >= 0.3 is 12.1 Å². The van der Waals surface area contributed by atoms with Gasteiger partial charge in [-0.05, 0) is 59.4 Å². The molecule has 1 aliphatic carbocycles. The quantitative estimate of drug-likeness (QED) is 0.668. The van der Waals surface area contributed by atoms with Crippen LogP contribution in [0, 0.1) is 11.7 Å². The first-order valence-electron chi connectivity index (χ1n) is 10.0. The van der Waals surface area contributed by atoms with Crippen molar-refractivity contribution in [3.05, 3.63) is 29.6 Å². The molecule has 2 rings (SSSR count). The van der Waals surface area contributed by atoms with Crippen molar-refractivity contribution in [1.82, 2.24) is 5.32 Å². The normalized spacial score (nSPS) is 17.5. The van der Waals surface area contributed by atoms with Crippen LogP contribution in [0.25, 0.3) is 0 Å². The maximum atomic E-state index is 13.6. The second-order valence-electron chi connectivity index (χ2n) is 8.61. The average molecular weight is 409 g/mol.